The Morgan fingerprint density at radius 2 is 1.92 bits per heavy atom. The Morgan fingerprint density at radius 1 is 1.08 bits per heavy atom. The number of benzene rings is 1. The molecule has 3 rings (SSSR count). The summed E-state index contributed by atoms with van der Waals surface area (Å²) in [7, 11) is 0. The maximum absolute atomic E-state index is 12.1. The lowest BCUT2D eigenvalue weighted by molar-refractivity contribution is -0.121. The number of carbonyl (C=O) groups excluding carboxylic acids is 2. The number of nitrogens with one attached hydrogen (secondary N) is 2. The van der Waals surface area contributed by atoms with Crippen LogP contribution in [0.5, 0.6) is 11.5 Å². The summed E-state index contributed by atoms with van der Waals surface area (Å²) in [4.78, 5) is 25.1. The van der Waals surface area contributed by atoms with Crippen molar-refractivity contribution in [2.75, 3.05) is 13.2 Å². The van der Waals surface area contributed by atoms with Crippen molar-refractivity contribution < 1.29 is 19.1 Å². The fourth-order valence-corrected chi connectivity index (χ4v) is 3.07. The smallest absolute Gasteiger partial charge is 0.269 e. The fraction of sp³-hybridized carbons (Fsp3) is 0.294. The third-order valence-corrected chi connectivity index (χ3v) is 4.46. The molecule has 1 aliphatic rings. The molecule has 0 radical (unpaired) electrons. The first kappa shape index (κ1) is 16.3. The predicted octanol–water partition coefficient (Wildman–Crippen LogP) is 2.30. The maximum Gasteiger partial charge on any atom is 0.269 e. The zero-order valence-electron chi connectivity index (χ0n) is 13.0. The van der Waals surface area contributed by atoms with Gasteiger partial charge in [-0.05, 0) is 42.5 Å². The summed E-state index contributed by atoms with van der Waals surface area (Å²) in [6.45, 7) is 0.957. The van der Waals surface area contributed by atoms with Crippen LogP contribution >= 0.6 is 11.3 Å². The number of thiophene rings is 1. The zero-order valence-corrected chi connectivity index (χ0v) is 13.9. The van der Waals surface area contributed by atoms with E-state index in [0.717, 1.165) is 12.8 Å². The van der Waals surface area contributed by atoms with E-state index in [-0.39, 0.29) is 5.91 Å². The molecule has 126 valence electrons. The Bertz CT molecular complexity index is 715. The van der Waals surface area contributed by atoms with Crippen molar-refractivity contribution in [3.8, 4) is 11.5 Å². The molecule has 1 aromatic heterocycles. The van der Waals surface area contributed by atoms with Crippen molar-refractivity contribution in [1.29, 1.82) is 0 Å². The van der Waals surface area contributed by atoms with Gasteiger partial charge in [0.2, 0.25) is 5.91 Å². The van der Waals surface area contributed by atoms with Gasteiger partial charge in [-0.2, -0.15) is 0 Å². The third kappa shape index (κ3) is 4.26. The molecule has 2 aromatic rings. The van der Waals surface area contributed by atoms with Gasteiger partial charge in [0.15, 0.2) is 11.5 Å². The van der Waals surface area contributed by atoms with Crippen LogP contribution in [-0.2, 0) is 11.2 Å². The van der Waals surface area contributed by atoms with Gasteiger partial charge in [-0.25, -0.2) is 0 Å². The summed E-state index contributed by atoms with van der Waals surface area (Å²) < 4.78 is 10.8. The van der Waals surface area contributed by atoms with E-state index in [1.54, 1.807) is 29.5 Å². The van der Waals surface area contributed by atoms with Crippen molar-refractivity contribution in [2.24, 2.45) is 0 Å². The first-order chi connectivity index (χ1) is 11.7. The standard InChI is InChI=1S/C17H18N2O4S/c20-16(5-1-3-13-4-2-10-24-13)18-19-17(21)12-6-7-14-15(11-12)23-9-8-22-14/h2,4,6-7,10-11H,1,3,5,8-9H2,(H,18,20)(H,19,21). The summed E-state index contributed by atoms with van der Waals surface area (Å²) in [6, 6.07) is 8.96. The first-order valence-corrected chi connectivity index (χ1v) is 8.61. The Labute approximate surface area is 143 Å². The van der Waals surface area contributed by atoms with Crippen molar-refractivity contribution in [3.05, 3.63) is 46.2 Å². The van der Waals surface area contributed by atoms with Crippen LogP contribution in [0.3, 0.4) is 0 Å². The summed E-state index contributed by atoms with van der Waals surface area (Å²) in [5.74, 6) is 0.558. The van der Waals surface area contributed by atoms with E-state index in [4.69, 9.17) is 9.47 Å². The normalized spacial score (nSPS) is 12.5. The molecule has 0 saturated heterocycles. The number of carbonyl (C=O) groups is 2. The molecule has 0 bridgehead atoms. The molecule has 0 atom stereocenters. The highest BCUT2D eigenvalue weighted by Crippen LogP contribution is 2.30. The molecule has 0 saturated carbocycles. The SMILES string of the molecule is O=C(CCCc1cccs1)NNC(=O)c1ccc2c(c1)OCCO2. The van der Waals surface area contributed by atoms with Gasteiger partial charge >= 0.3 is 0 Å². The highest BCUT2D eigenvalue weighted by atomic mass is 32.1. The van der Waals surface area contributed by atoms with Crippen molar-refractivity contribution in [1.82, 2.24) is 10.9 Å². The maximum atomic E-state index is 12.1. The minimum Gasteiger partial charge on any atom is -0.486 e. The summed E-state index contributed by atoms with van der Waals surface area (Å²) in [6.07, 6.45) is 1.97. The molecule has 7 heteroatoms. The van der Waals surface area contributed by atoms with Gasteiger partial charge in [-0.3, -0.25) is 20.4 Å². The minimum atomic E-state index is -0.390. The Balaban J connectivity index is 1.44. The van der Waals surface area contributed by atoms with Gasteiger partial charge in [0.1, 0.15) is 13.2 Å². The lowest BCUT2D eigenvalue weighted by Crippen LogP contribution is -2.41. The van der Waals surface area contributed by atoms with E-state index in [1.807, 2.05) is 17.5 Å². The van der Waals surface area contributed by atoms with Gasteiger partial charge in [0.05, 0.1) is 0 Å². The van der Waals surface area contributed by atoms with Gasteiger partial charge in [0, 0.05) is 16.9 Å². The molecular formula is C17H18N2O4S. The number of ether oxygens (including phenoxy) is 2. The van der Waals surface area contributed by atoms with Gasteiger partial charge in [-0.15, -0.1) is 11.3 Å². The quantitative estimate of drug-likeness (QED) is 0.815. The Morgan fingerprint density at radius 3 is 2.71 bits per heavy atom. The molecule has 0 spiro atoms. The topological polar surface area (TPSA) is 76.7 Å². The second-order valence-electron chi connectivity index (χ2n) is 5.29. The van der Waals surface area contributed by atoms with Gasteiger partial charge < -0.3 is 9.47 Å². The van der Waals surface area contributed by atoms with Crippen LogP contribution in [0.1, 0.15) is 28.1 Å². The van der Waals surface area contributed by atoms with E-state index in [9.17, 15) is 9.59 Å². The molecule has 0 aliphatic carbocycles. The third-order valence-electron chi connectivity index (χ3n) is 3.53. The molecule has 1 aromatic carbocycles. The highest BCUT2D eigenvalue weighted by Gasteiger charge is 2.15. The van der Waals surface area contributed by atoms with Crippen LogP contribution in [0.2, 0.25) is 0 Å². The molecule has 2 heterocycles. The molecule has 0 fully saturated rings. The van der Waals surface area contributed by atoms with E-state index in [0.29, 0.717) is 36.7 Å². The molecule has 2 N–H and O–H groups in total. The van der Waals surface area contributed by atoms with Gasteiger partial charge in [0.25, 0.3) is 5.91 Å². The van der Waals surface area contributed by atoms with Gasteiger partial charge in [-0.1, -0.05) is 6.07 Å². The molecule has 6 nitrogen and oxygen atoms in total. The van der Waals surface area contributed by atoms with Crippen LogP contribution in [0.25, 0.3) is 0 Å². The van der Waals surface area contributed by atoms with Crippen LogP contribution in [0.4, 0.5) is 0 Å². The largest absolute Gasteiger partial charge is 0.486 e. The highest BCUT2D eigenvalue weighted by molar-refractivity contribution is 7.09. The second-order valence-corrected chi connectivity index (χ2v) is 6.33. The predicted molar refractivity (Wildman–Crippen MR) is 90.3 cm³/mol. The number of aryl methyl sites for hydroxylation is 1. The molecule has 1 aliphatic heterocycles. The fourth-order valence-electron chi connectivity index (χ4n) is 2.32. The number of hydrogen-bond donors (Lipinski definition) is 2. The first-order valence-electron chi connectivity index (χ1n) is 7.73. The number of hydrogen-bond acceptors (Lipinski definition) is 5. The molecule has 2 amide bonds. The van der Waals surface area contributed by atoms with Crippen molar-refractivity contribution in [2.45, 2.75) is 19.3 Å². The van der Waals surface area contributed by atoms with E-state index < -0.39 is 5.91 Å². The summed E-state index contributed by atoms with van der Waals surface area (Å²) >= 11 is 1.68. The second kappa shape index (κ2) is 7.83. The number of fused-ring (bicyclic) bond motifs is 1. The summed E-state index contributed by atoms with van der Waals surface area (Å²) in [5, 5.41) is 2.02. The number of amides is 2. The molecule has 0 unspecified atom stereocenters. The van der Waals surface area contributed by atoms with Crippen LogP contribution in [0, 0.1) is 0 Å². The van der Waals surface area contributed by atoms with Crippen molar-refractivity contribution >= 4 is 23.2 Å². The average Bonchev–Trinajstić information content (AvgIpc) is 3.12. The Kier molecular flexibility index (Phi) is 5.32. The van der Waals surface area contributed by atoms with Crippen LogP contribution < -0.4 is 20.3 Å². The lowest BCUT2D eigenvalue weighted by Gasteiger charge is -2.18. The minimum absolute atomic E-state index is 0.211. The molecular weight excluding hydrogens is 328 g/mol. The lowest BCUT2D eigenvalue weighted by atomic mass is 10.2. The van der Waals surface area contributed by atoms with Crippen LogP contribution in [-0.4, -0.2) is 25.0 Å². The van der Waals surface area contributed by atoms with E-state index >= 15 is 0 Å². The number of hydrazine groups is 1. The monoisotopic (exact) mass is 346 g/mol. The van der Waals surface area contributed by atoms with E-state index in [1.165, 1.54) is 4.88 Å². The number of rotatable bonds is 5. The van der Waals surface area contributed by atoms with E-state index in [2.05, 4.69) is 10.9 Å². The van der Waals surface area contributed by atoms with Crippen molar-refractivity contribution in [3.63, 3.8) is 0 Å². The summed E-state index contributed by atoms with van der Waals surface area (Å²) in [5.41, 5.74) is 5.25. The van der Waals surface area contributed by atoms with Crippen LogP contribution in [0.15, 0.2) is 35.7 Å². The Hall–Kier alpha value is -2.54. The zero-order chi connectivity index (χ0) is 16.8. The molecule has 24 heavy (non-hydrogen) atoms. The average molecular weight is 346 g/mol.